The number of carboxylic acids is 1. The molecule has 1 fully saturated rings. The Morgan fingerprint density at radius 3 is 2.36 bits per heavy atom. The van der Waals surface area contributed by atoms with E-state index >= 15 is 0 Å². The molecule has 0 aromatic rings. The van der Waals surface area contributed by atoms with Crippen molar-refractivity contribution in [3.8, 4) is 0 Å². The number of halogens is 2. The number of hydrogen-bond acceptors (Lipinski definition) is 2. The summed E-state index contributed by atoms with van der Waals surface area (Å²) in [6, 6.07) is 0. The van der Waals surface area contributed by atoms with E-state index in [-0.39, 0.29) is 0 Å². The molecule has 1 heterocycles. The molecule has 1 saturated heterocycles. The summed E-state index contributed by atoms with van der Waals surface area (Å²) in [6.07, 6.45) is -0.741. The van der Waals surface area contributed by atoms with Crippen molar-refractivity contribution in [1.82, 2.24) is 0 Å². The maximum atomic E-state index is 12.4. The molecule has 0 unspecified atom stereocenters. The molecule has 64 valence electrons. The second-order valence-corrected chi connectivity index (χ2v) is 2.86. The number of ether oxygens (including phenoxy) is 1. The van der Waals surface area contributed by atoms with Gasteiger partial charge in [-0.3, -0.25) is 0 Å². The van der Waals surface area contributed by atoms with Gasteiger partial charge in [-0.25, -0.2) is 13.6 Å². The minimum atomic E-state index is -2.99. The molecule has 1 aliphatic rings. The summed E-state index contributed by atoms with van der Waals surface area (Å²) < 4.78 is 29.3. The normalized spacial score (nSPS) is 35.5. The quantitative estimate of drug-likeness (QED) is 0.629. The summed E-state index contributed by atoms with van der Waals surface area (Å²) >= 11 is 0. The van der Waals surface area contributed by atoms with Gasteiger partial charge in [0.1, 0.15) is 6.61 Å². The Morgan fingerprint density at radius 2 is 2.18 bits per heavy atom. The van der Waals surface area contributed by atoms with Crippen LogP contribution in [0.2, 0.25) is 0 Å². The summed E-state index contributed by atoms with van der Waals surface area (Å²) in [4.78, 5) is 10.4. The minimum absolute atomic E-state index is 0.741. The Morgan fingerprint density at radius 1 is 1.64 bits per heavy atom. The first-order valence-electron chi connectivity index (χ1n) is 3.11. The molecule has 1 atom stereocenters. The van der Waals surface area contributed by atoms with E-state index in [2.05, 4.69) is 4.74 Å². The Labute approximate surface area is 62.0 Å². The largest absolute Gasteiger partial charge is 0.479 e. The zero-order valence-electron chi connectivity index (χ0n) is 5.93. The molecule has 0 amide bonds. The predicted molar refractivity (Wildman–Crippen MR) is 31.6 cm³/mol. The third kappa shape index (κ3) is 1.48. The van der Waals surface area contributed by atoms with Crippen molar-refractivity contribution >= 4 is 5.97 Å². The van der Waals surface area contributed by atoms with Crippen LogP contribution in [0.3, 0.4) is 0 Å². The average Bonchev–Trinajstić information content (AvgIpc) is 2.08. The van der Waals surface area contributed by atoms with Crippen LogP contribution in [0.15, 0.2) is 0 Å². The van der Waals surface area contributed by atoms with Gasteiger partial charge in [-0.05, 0) is 6.92 Å². The molecule has 0 bridgehead atoms. The first-order chi connectivity index (χ1) is 4.86. The summed E-state index contributed by atoms with van der Waals surface area (Å²) in [5.41, 5.74) is -1.70. The van der Waals surface area contributed by atoms with Crippen molar-refractivity contribution in [2.45, 2.75) is 24.9 Å². The molecule has 0 aromatic carbocycles. The Hall–Kier alpha value is -0.710. The van der Waals surface area contributed by atoms with E-state index < -0.39 is 30.5 Å². The number of carbonyl (C=O) groups is 1. The van der Waals surface area contributed by atoms with Gasteiger partial charge in [0.05, 0.1) is 6.42 Å². The lowest BCUT2D eigenvalue weighted by atomic mass is 10.0. The van der Waals surface area contributed by atoms with Crippen LogP contribution < -0.4 is 0 Å². The minimum Gasteiger partial charge on any atom is -0.479 e. The van der Waals surface area contributed by atoms with E-state index in [1.54, 1.807) is 0 Å². The lowest BCUT2D eigenvalue weighted by molar-refractivity contribution is -0.157. The fourth-order valence-electron chi connectivity index (χ4n) is 0.998. The molecule has 0 aliphatic carbocycles. The first kappa shape index (κ1) is 8.39. The van der Waals surface area contributed by atoms with Gasteiger partial charge in [0.15, 0.2) is 5.60 Å². The summed E-state index contributed by atoms with van der Waals surface area (Å²) in [5, 5.41) is 8.45. The van der Waals surface area contributed by atoms with Crippen LogP contribution in [0.5, 0.6) is 0 Å². The Kier molecular flexibility index (Phi) is 1.63. The molecule has 5 heteroatoms. The SMILES string of the molecule is C[C@@]1(C(=O)O)CC(F)(F)CO1. The highest BCUT2D eigenvalue weighted by Crippen LogP contribution is 2.36. The molecule has 0 aromatic heterocycles. The molecule has 1 aliphatic heterocycles. The van der Waals surface area contributed by atoms with Gasteiger partial charge in [-0.1, -0.05) is 0 Å². The van der Waals surface area contributed by atoms with Gasteiger partial charge in [-0.2, -0.15) is 0 Å². The topological polar surface area (TPSA) is 46.5 Å². The summed E-state index contributed by atoms with van der Waals surface area (Å²) in [5.74, 6) is -4.33. The zero-order valence-corrected chi connectivity index (χ0v) is 5.93. The second-order valence-electron chi connectivity index (χ2n) is 2.86. The van der Waals surface area contributed by atoms with Crippen LogP contribution in [0, 0.1) is 0 Å². The maximum absolute atomic E-state index is 12.4. The van der Waals surface area contributed by atoms with Gasteiger partial charge in [-0.15, -0.1) is 0 Å². The van der Waals surface area contributed by atoms with Gasteiger partial charge in [0.2, 0.25) is 0 Å². The van der Waals surface area contributed by atoms with Gasteiger partial charge in [0, 0.05) is 0 Å². The molecule has 3 nitrogen and oxygen atoms in total. The van der Waals surface area contributed by atoms with Gasteiger partial charge < -0.3 is 9.84 Å². The molecule has 1 rings (SSSR count). The van der Waals surface area contributed by atoms with Crippen LogP contribution >= 0.6 is 0 Å². The smallest absolute Gasteiger partial charge is 0.335 e. The van der Waals surface area contributed by atoms with Crippen molar-refractivity contribution < 1.29 is 23.4 Å². The van der Waals surface area contributed by atoms with Crippen LogP contribution in [-0.4, -0.2) is 29.2 Å². The molecule has 0 saturated carbocycles. The van der Waals surface area contributed by atoms with Crippen molar-refractivity contribution in [1.29, 1.82) is 0 Å². The van der Waals surface area contributed by atoms with Crippen LogP contribution in [-0.2, 0) is 9.53 Å². The van der Waals surface area contributed by atoms with E-state index in [1.165, 1.54) is 0 Å². The fourth-order valence-corrected chi connectivity index (χ4v) is 0.998. The number of rotatable bonds is 1. The van der Waals surface area contributed by atoms with Crippen molar-refractivity contribution in [2.24, 2.45) is 0 Å². The third-order valence-electron chi connectivity index (χ3n) is 1.65. The highest BCUT2D eigenvalue weighted by atomic mass is 19.3. The highest BCUT2D eigenvalue weighted by Gasteiger charge is 2.52. The van der Waals surface area contributed by atoms with E-state index in [0.29, 0.717) is 0 Å². The van der Waals surface area contributed by atoms with E-state index in [4.69, 9.17) is 5.11 Å². The Bertz CT molecular complexity index is 192. The van der Waals surface area contributed by atoms with Crippen LogP contribution in [0.1, 0.15) is 13.3 Å². The molecule has 11 heavy (non-hydrogen) atoms. The standard InChI is InChI=1S/C6H8F2O3/c1-5(4(9)10)2-6(7,8)3-11-5/h2-3H2,1H3,(H,9,10)/t5-/m0/s1. The predicted octanol–water partition coefficient (Wildman–Crippen LogP) is 0.885. The Balaban J connectivity index is 2.73. The number of hydrogen-bond donors (Lipinski definition) is 1. The third-order valence-corrected chi connectivity index (χ3v) is 1.65. The molecular weight excluding hydrogens is 158 g/mol. The summed E-state index contributed by atoms with van der Waals surface area (Å²) in [6.45, 7) is 0.353. The monoisotopic (exact) mass is 166 g/mol. The van der Waals surface area contributed by atoms with Crippen molar-refractivity contribution in [3.63, 3.8) is 0 Å². The van der Waals surface area contributed by atoms with Gasteiger partial charge in [0.25, 0.3) is 5.92 Å². The molecule has 1 N–H and O–H groups in total. The summed E-state index contributed by atoms with van der Waals surface area (Å²) in [7, 11) is 0. The maximum Gasteiger partial charge on any atom is 0.335 e. The first-order valence-corrected chi connectivity index (χ1v) is 3.11. The zero-order chi connectivity index (χ0) is 8.70. The number of carboxylic acid groups (broad SMARTS) is 1. The van der Waals surface area contributed by atoms with Crippen LogP contribution in [0.4, 0.5) is 8.78 Å². The molecule has 0 radical (unpaired) electrons. The average molecular weight is 166 g/mol. The van der Waals surface area contributed by atoms with Crippen molar-refractivity contribution in [3.05, 3.63) is 0 Å². The molecular formula is C6H8F2O3. The van der Waals surface area contributed by atoms with E-state index in [1.807, 2.05) is 0 Å². The van der Waals surface area contributed by atoms with E-state index in [9.17, 15) is 13.6 Å². The lowest BCUT2D eigenvalue weighted by Gasteiger charge is -2.15. The lowest BCUT2D eigenvalue weighted by Crippen LogP contribution is -2.35. The van der Waals surface area contributed by atoms with Crippen molar-refractivity contribution in [2.75, 3.05) is 6.61 Å². The number of alkyl halides is 2. The van der Waals surface area contributed by atoms with Gasteiger partial charge >= 0.3 is 5.97 Å². The number of aliphatic carboxylic acids is 1. The highest BCUT2D eigenvalue weighted by molar-refractivity contribution is 5.77. The second kappa shape index (κ2) is 2.14. The molecule has 0 spiro atoms. The van der Waals surface area contributed by atoms with E-state index in [0.717, 1.165) is 6.92 Å². The fraction of sp³-hybridized carbons (Fsp3) is 0.833. The van der Waals surface area contributed by atoms with Crippen LogP contribution in [0.25, 0.3) is 0 Å².